The van der Waals surface area contributed by atoms with Crippen LogP contribution in [0.4, 0.5) is 26.3 Å². The molecule has 170 valence electrons. The monoisotopic (exact) mass is 460 g/mol. The number of alkyl halides is 6. The Morgan fingerprint density at radius 3 is 2.23 bits per heavy atom. The van der Waals surface area contributed by atoms with E-state index in [4.69, 9.17) is 0 Å². The number of rotatable bonds is 6. The maximum absolute atomic E-state index is 12.9. The van der Waals surface area contributed by atoms with Crippen LogP contribution < -0.4 is 0 Å². The zero-order valence-electron chi connectivity index (χ0n) is 16.1. The minimum atomic E-state index is -4.70. The zero-order valence-corrected chi connectivity index (χ0v) is 16.9. The summed E-state index contributed by atoms with van der Waals surface area (Å²) in [5.41, 5.74) is -1.10. The standard InChI is InChI=1S/C18H22F6N2O3S/c1-2-8-25(12-17(19,20)21)16(27)13-6-9-26(10-7-13)30(28,29)15-5-3-4-14(11-15)18(22,23)24/h3-5,11,13H,2,6-10,12H2,1H3. The lowest BCUT2D eigenvalue weighted by atomic mass is 9.96. The molecule has 0 radical (unpaired) electrons. The number of benzene rings is 1. The fraction of sp³-hybridized carbons (Fsp3) is 0.611. The fourth-order valence-electron chi connectivity index (χ4n) is 3.34. The molecule has 1 aromatic rings. The summed E-state index contributed by atoms with van der Waals surface area (Å²) in [5.74, 6) is -1.46. The van der Waals surface area contributed by atoms with Crippen molar-refractivity contribution in [2.24, 2.45) is 5.92 Å². The van der Waals surface area contributed by atoms with Crippen molar-refractivity contribution in [3.8, 4) is 0 Å². The summed E-state index contributed by atoms with van der Waals surface area (Å²) in [4.78, 5) is 12.7. The molecule has 1 amide bonds. The van der Waals surface area contributed by atoms with Crippen LogP contribution in [0.15, 0.2) is 29.2 Å². The Labute approximate surface area is 170 Å². The smallest absolute Gasteiger partial charge is 0.333 e. The van der Waals surface area contributed by atoms with Gasteiger partial charge >= 0.3 is 12.4 Å². The second-order valence-electron chi connectivity index (χ2n) is 7.08. The molecule has 1 fully saturated rings. The molecule has 1 aromatic carbocycles. The van der Waals surface area contributed by atoms with Gasteiger partial charge in [-0.15, -0.1) is 0 Å². The van der Waals surface area contributed by atoms with Gasteiger partial charge in [0.05, 0.1) is 10.5 Å². The number of piperidine rings is 1. The van der Waals surface area contributed by atoms with Crippen molar-refractivity contribution in [3.63, 3.8) is 0 Å². The molecule has 0 unspecified atom stereocenters. The number of amides is 1. The lowest BCUT2D eigenvalue weighted by Gasteiger charge is -2.34. The van der Waals surface area contributed by atoms with Crippen molar-refractivity contribution < 1.29 is 39.6 Å². The molecule has 30 heavy (non-hydrogen) atoms. The van der Waals surface area contributed by atoms with Crippen LogP contribution in [-0.2, 0) is 21.0 Å². The van der Waals surface area contributed by atoms with Crippen LogP contribution in [0.5, 0.6) is 0 Å². The third-order valence-electron chi connectivity index (χ3n) is 4.78. The molecule has 0 bridgehead atoms. The lowest BCUT2D eigenvalue weighted by Crippen LogP contribution is -2.47. The van der Waals surface area contributed by atoms with Gasteiger partial charge in [-0.1, -0.05) is 13.0 Å². The number of carbonyl (C=O) groups is 1. The van der Waals surface area contributed by atoms with Crippen molar-refractivity contribution in [2.45, 2.75) is 43.4 Å². The number of carbonyl (C=O) groups excluding carboxylic acids is 1. The number of sulfonamides is 1. The Bertz CT molecular complexity index is 846. The summed E-state index contributed by atoms with van der Waals surface area (Å²) in [5, 5.41) is 0. The van der Waals surface area contributed by atoms with Crippen LogP contribution in [-0.4, -0.2) is 55.9 Å². The summed E-state index contributed by atoms with van der Waals surface area (Å²) in [6.07, 6.45) is -8.92. The number of hydrogen-bond donors (Lipinski definition) is 0. The van der Waals surface area contributed by atoms with Gasteiger partial charge in [-0.3, -0.25) is 4.79 Å². The van der Waals surface area contributed by atoms with E-state index in [1.807, 2.05) is 0 Å². The highest BCUT2D eigenvalue weighted by Gasteiger charge is 2.38. The average molecular weight is 460 g/mol. The number of hydrogen-bond acceptors (Lipinski definition) is 3. The Kier molecular flexibility index (Phi) is 7.44. The van der Waals surface area contributed by atoms with E-state index in [2.05, 4.69) is 0 Å². The molecule has 0 atom stereocenters. The quantitative estimate of drug-likeness (QED) is 0.605. The van der Waals surface area contributed by atoms with E-state index in [-0.39, 0.29) is 32.5 Å². The second-order valence-corrected chi connectivity index (χ2v) is 9.02. The van der Waals surface area contributed by atoms with Crippen LogP contribution in [0.25, 0.3) is 0 Å². The van der Waals surface area contributed by atoms with Gasteiger partial charge in [0.1, 0.15) is 6.54 Å². The molecule has 1 aliphatic heterocycles. The molecule has 0 spiro atoms. The highest BCUT2D eigenvalue weighted by atomic mass is 32.2. The summed E-state index contributed by atoms with van der Waals surface area (Å²) in [7, 11) is -4.22. The van der Waals surface area contributed by atoms with E-state index in [0.29, 0.717) is 12.5 Å². The molecule has 1 aliphatic rings. The van der Waals surface area contributed by atoms with E-state index < -0.39 is 51.2 Å². The Balaban J connectivity index is 2.10. The SMILES string of the molecule is CCCN(CC(F)(F)F)C(=O)C1CCN(S(=O)(=O)c2cccc(C(F)(F)F)c2)CC1. The third kappa shape index (κ3) is 6.10. The molecule has 2 rings (SSSR count). The first kappa shape index (κ1) is 24.4. The van der Waals surface area contributed by atoms with Gasteiger partial charge in [-0.2, -0.15) is 30.6 Å². The highest BCUT2D eigenvalue weighted by molar-refractivity contribution is 7.89. The predicted molar refractivity (Wildman–Crippen MR) is 95.9 cm³/mol. The van der Waals surface area contributed by atoms with Gasteiger partial charge in [0.2, 0.25) is 15.9 Å². The third-order valence-corrected chi connectivity index (χ3v) is 6.67. The summed E-state index contributed by atoms with van der Waals surface area (Å²) in [6.45, 7) is -0.133. The van der Waals surface area contributed by atoms with E-state index in [1.54, 1.807) is 6.92 Å². The molecular weight excluding hydrogens is 438 g/mol. The molecule has 12 heteroatoms. The Hall–Kier alpha value is -1.82. The molecule has 0 aliphatic carbocycles. The van der Waals surface area contributed by atoms with Crippen molar-refractivity contribution in [2.75, 3.05) is 26.2 Å². The molecule has 1 heterocycles. The van der Waals surface area contributed by atoms with Gasteiger partial charge in [-0.25, -0.2) is 8.42 Å². The molecule has 1 saturated heterocycles. The minimum absolute atomic E-state index is 0.00486. The van der Waals surface area contributed by atoms with Crippen LogP contribution in [0.1, 0.15) is 31.7 Å². The average Bonchev–Trinajstić information content (AvgIpc) is 2.65. The fourth-order valence-corrected chi connectivity index (χ4v) is 4.85. The maximum Gasteiger partial charge on any atom is 0.416 e. The van der Waals surface area contributed by atoms with Gasteiger partial charge < -0.3 is 4.90 Å². The van der Waals surface area contributed by atoms with Crippen molar-refractivity contribution in [1.29, 1.82) is 0 Å². The van der Waals surface area contributed by atoms with Crippen molar-refractivity contribution >= 4 is 15.9 Å². The predicted octanol–water partition coefficient (Wildman–Crippen LogP) is 3.91. The van der Waals surface area contributed by atoms with Crippen LogP contribution in [0, 0.1) is 5.92 Å². The molecule has 0 aromatic heterocycles. The van der Waals surface area contributed by atoms with Crippen molar-refractivity contribution in [1.82, 2.24) is 9.21 Å². The summed E-state index contributed by atoms with van der Waals surface area (Å²) >= 11 is 0. The van der Waals surface area contributed by atoms with E-state index in [0.717, 1.165) is 27.4 Å². The van der Waals surface area contributed by atoms with Gasteiger partial charge in [0.15, 0.2) is 0 Å². The minimum Gasteiger partial charge on any atom is -0.333 e. The van der Waals surface area contributed by atoms with Gasteiger partial charge in [0, 0.05) is 25.6 Å². The largest absolute Gasteiger partial charge is 0.416 e. The van der Waals surface area contributed by atoms with Gasteiger partial charge in [0.25, 0.3) is 0 Å². The first-order valence-electron chi connectivity index (χ1n) is 9.28. The van der Waals surface area contributed by atoms with Crippen molar-refractivity contribution in [3.05, 3.63) is 29.8 Å². The lowest BCUT2D eigenvalue weighted by molar-refractivity contribution is -0.164. The number of nitrogens with zero attached hydrogens (tertiary/aromatic N) is 2. The Morgan fingerprint density at radius 2 is 1.73 bits per heavy atom. The normalized spacial score (nSPS) is 17.2. The van der Waals surface area contributed by atoms with Crippen LogP contribution in [0.2, 0.25) is 0 Å². The topological polar surface area (TPSA) is 57.7 Å². The zero-order chi connectivity index (χ0) is 22.7. The highest BCUT2D eigenvalue weighted by Crippen LogP contribution is 2.32. The first-order valence-corrected chi connectivity index (χ1v) is 10.7. The van der Waals surface area contributed by atoms with E-state index in [1.165, 1.54) is 0 Å². The molecule has 0 N–H and O–H groups in total. The van der Waals surface area contributed by atoms with Gasteiger partial charge in [-0.05, 0) is 37.5 Å². The molecular formula is C18H22F6N2O3S. The van der Waals surface area contributed by atoms with E-state index in [9.17, 15) is 39.6 Å². The maximum atomic E-state index is 12.9. The summed E-state index contributed by atoms with van der Waals surface area (Å²) < 4.78 is 103. The second kappa shape index (κ2) is 9.13. The molecule has 5 nitrogen and oxygen atoms in total. The van der Waals surface area contributed by atoms with Crippen LogP contribution in [0.3, 0.4) is 0 Å². The summed E-state index contributed by atoms with van der Waals surface area (Å²) in [6, 6.07) is 3.34. The molecule has 0 saturated carbocycles. The van der Waals surface area contributed by atoms with Crippen LogP contribution >= 0.6 is 0 Å². The Morgan fingerprint density at radius 1 is 1.13 bits per heavy atom. The number of halogens is 6. The first-order chi connectivity index (χ1) is 13.8. The van der Waals surface area contributed by atoms with E-state index >= 15 is 0 Å².